The van der Waals surface area contributed by atoms with Gasteiger partial charge < -0.3 is 10.6 Å². The van der Waals surface area contributed by atoms with Crippen LogP contribution >= 0.6 is 47.0 Å². The van der Waals surface area contributed by atoms with E-state index < -0.39 is 0 Å². The maximum absolute atomic E-state index is 6.10. The van der Waals surface area contributed by atoms with Crippen molar-refractivity contribution < 1.29 is 0 Å². The van der Waals surface area contributed by atoms with Crippen molar-refractivity contribution in [3.8, 4) is 0 Å². The quantitative estimate of drug-likeness (QED) is 0.502. The van der Waals surface area contributed by atoms with Gasteiger partial charge in [-0.1, -0.05) is 40.9 Å². The molecule has 0 aliphatic heterocycles. The summed E-state index contributed by atoms with van der Waals surface area (Å²) in [6.45, 7) is 4.11. The Kier molecular flexibility index (Phi) is 5.33. The Morgan fingerprint density at radius 1 is 0.857 bits per heavy atom. The minimum atomic E-state index is 0.403. The first kappa shape index (κ1) is 16.4. The molecule has 0 aromatic heterocycles. The first-order valence-corrected chi connectivity index (χ1v) is 7.71. The second kappa shape index (κ2) is 6.84. The predicted molar refractivity (Wildman–Crippen MR) is 97.2 cm³/mol. The van der Waals surface area contributed by atoms with Gasteiger partial charge in [-0.15, -0.1) is 0 Å². The third-order valence-electron chi connectivity index (χ3n) is 3.02. The van der Waals surface area contributed by atoms with Crippen LogP contribution in [0.15, 0.2) is 30.3 Å². The molecule has 2 aromatic carbocycles. The summed E-state index contributed by atoms with van der Waals surface area (Å²) >= 11 is 23.2. The number of rotatable bonds is 2. The molecule has 0 unspecified atom stereocenters. The van der Waals surface area contributed by atoms with Crippen molar-refractivity contribution in [1.29, 1.82) is 0 Å². The number of thiocarbonyl (C=S) groups is 1. The Labute approximate surface area is 144 Å². The molecule has 0 aliphatic rings. The zero-order chi connectivity index (χ0) is 15.6. The lowest BCUT2D eigenvalue weighted by Gasteiger charge is -2.13. The zero-order valence-corrected chi connectivity index (χ0v) is 14.5. The summed E-state index contributed by atoms with van der Waals surface area (Å²) in [7, 11) is 0. The summed E-state index contributed by atoms with van der Waals surface area (Å²) in [5, 5.41) is 7.81. The highest BCUT2D eigenvalue weighted by Crippen LogP contribution is 2.32. The summed E-state index contributed by atoms with van der Waals surface area (Å²) < 4.78 is 0. The van der Waals surface area contributed by atoms with Crippen LogP contribution in [0, 0.1) is 13.8 Å². The average molecular weight is 360 g/mol. The van der Waals surface area contributed by atoms with Crippen molar-refractivity contribution in [1.82, 2.24) is 0 Å². The standard InChI is InChI=1S/C15H13Cl3N2S/c1-8-3-4-10(5-9(8)2)19-15(21)20-14-7-12(17)11(16)6-13(14)18/h3-7H,1-2H3,(H2,19,20,21). The molecular weight excluding hydrogens is 347 g/mol. The van der Waals surface area contributed by atoms with Crippen LogP contribution in [0.4, 0.5) is 11.4 Å². The topological polar surface area (TPSA) is 24.1 Å². The molecule has 0 heterocycles. The third-order valence-corrected chi connectivity index (χ3v) is 4.26. The first-order valence-electron chi connectivity index (χ1n) is 6.16. The molecule has 0 amide bonds. The molecule has 21 heavy (non-hydrogen) atoms. The van der Waals surface area contributed by atoms with Gasteiger partial charge in [-0.3, -0.25) is 0 Å². The fourth-order valence-corrected chi connectivity index (χ4v) is 2.54. The number of aryl methyl sites for hydroxylation is 2. The molecule has 0 aliphatic carbocycles. The molecule has 0 spiro atoms. The van der Waals surface area contributed by atoms with E-state index in [1.165, 1.54) is 11.1 Å². The molecule has 2 rings (SSSR count). The van der Waals surface area contributed by atoms with Gasteiger partial charge in [-0.25, -0.2) is 0 Å². The van der Waals surface area contributed by atoms with Gasteiger partial charge >= 0.3 is 0 Å². The monoisotopic (exact) mass is 358 g/mol. The smallest absolute Gasteiger partial charge is 0.175 e. The highest BCUT2D eigenvalue weighted by molar-refractivity contribution is 7.80. The Hall–Kier alpha value is -1.00. The Bertz CT molecular complexity index is 702. The number of benzene rings is 2. The minimum Gasteiger partial charge on any atom is -0.332 e. The van der Waals surface area contributed by atoms with E-state index in [1.807, 2.05) is 25.1 Å². The number of halogens is 3. The second-order valence-electron chi connectivity index (χ2n) is 4.62. The Morgan fingerprint density at radius 3 is 2.19 bits per heavy atom. The average Bonchev–Trinajstić information content (AvgIpc) is 2.40. The lowest BCUT2D eigenvalue weighted by atomic mass is 10.1. The molecule has 0 saturated heterocycles. The van der Waals surface area contributed by atoms with E-state index >= 15 is 0 Å². The maximum atomic E-state index is 6.10. The van der Waals surface area contributed by atoms with Gasteiger partial charge in [-0.2, -0.15) is 0 Å². The zero-order valence-electron chi connectivity index (χ0n) is 11.4. The molecular formula is C15H13Cl3N2S. The van der Waals surface area contributed by atoms with Crippen LogP contribution in [0.3, 0.4) is 0 Å². The minimum absolute atomic E-state index is 0.403. The molecule has 0 fully saturated rings. The third kappa shape index (κ3) is 4.24. The number of anilines is 2. The molecule has 2 aromatic rings. The van der Waals surface area contributed by atoms with E-state index in [4.69, 9.17) is 47.0 Å². The number of hydrogen-bond donors (Lipinski definition) is 2. The lowest BCUT2D eigenvalue weighted by Crippen LogP contribution is -2.19. The second-order valence-corrected chi connectivity index (χ2v) is 6.25. The lowest BCUT2D eigenvalue weighted by molar-refractivity contribution is 1.34. The van der Waals surface area contributed by atoms with Crippen LogP contribution in [0.25, 0.3) is 0 Å². The highest BCUT2D eigenvalue weighted by atomic mass is 35.5. The summed E-state index contributed by atoms with van der Waals surface area (Å²) in [4.78, 5) is 0. The van der Waals surface area contributed by atoms with Crippen LogP contribution < -0.4 is 10.6 Å². The van der Waals surface area contributed by atoms with E-state index in [0.717, 1.165) is 5.69 Å². The van der Waals surface area contributed by atoms with Crippen LogP contribution in [0.5, 0.6) is 0 Å². The van der Waals surface area contributed by atoms with Crippen molar-refractivity contribution in [2.75, 3.05) is 10.6 Å². The van der Waals surface area contributed by atoms with Gasteiger partial charge in [0.05, 0.1) is 20.8 Å². The molecule has 0 bridgehead atoms. The van der Waals surface area contributed by atoms with Gasteiger partial charge in [-0.05, 0) is 61.5 Å². The largest absolute Gasteiger partial charge is 0.332 e. The van der Waals surface area contributed by atoms with E-state index in [-0.39, 0.29) is 0 Å². The van der Waals surface area contributed by atoms with Gasteiger partial charge in [0.2, 0.25) is 0 Å². The van der Waals surface area contributed by atoms with E-state index in [9.17, 15) is 0 Å². The van der Waals surface area contributed by atoms with E-state index in [0.29, 0.717) is 25.9 Å². The summed E-state index contributed by atoms with van der Waals surface area (Å²) in [6.07, 6.45) is 0. The molecule has 0 saturated carbocycles. The van der Waals surface area contributed by atoms with Crippen molar-refractivity contribution in [3.63, 3.8) is 0 Å². The highest BCUT2D eigenvalue weighted by Gasteiger charge is 2.08. The van der Waals surface area contributed by atoms with Crippen LogP contribution in [-0.4, -0.2) is 5.11 Å². The van der Waals surface area contributed by atoms with Gasteiger partial charge in [0, 0.05) is 5.69 Å². The summed E-state index contributed by atoms with van der Waals surface area (Å²) in [6, 6.07) is 9.24. The van der Waals surface area contributed by atoms with Gasteiger partial charge in [0.15, 0.2) is 5.11 Å². The van der Waals surface area contributed by atoms with E-state index in [1.54, 1.807) is 12.1 Å². The maximum Gasteiger partial charge on any atom is 0.175 e. The molecule has 0 atom stereocenters. The Morgan fingerprint density at radius 2 is 1.52 bits per heavy atom. The van der Waals surface area contributed by atoms with Crippen molar-refractivity contribution in [2.24, 2.45) is 0 Å². The molecule has 6 heteroatoms. The van der Waals surface area contributed by atoms with Crippen LogP contribution in [0.2, 0.25) is 15.1 Å². The predicted octanol–water partition coefficient (Wildman–Crippen LogP) is 6.07. The van der Waals surface area contributed by atoms with Gasteiger partial charge in [0.25, 0.3) is 0 Å². The molecule has 2 N–H and O–H groups in total. The number of hydrogen-bond acceptors (Lipinski definition) is 1. The molecule has 2 nitrogen and oxygen atoms in total. The first-order chi connectivity index (χ1) is 9.86. The van der Waals surface area contributed by atoms with Gasteiger partial charge in [0.1, 0.15) is 0 Å². The van der Waals surface area contributed by atoms with Crippen molar-refractivity contribution in [3.05, 3.63) is 56.5 Å². The normalized spacial score (nSPS) is 10.3. The molecule has 0 radical (unpaired) electrons. The fraction of sp³-hybridized carbons (Fsp3) is 0.133. The summed E-state index contributed by atoms with van der Waals surface area (Å²) in [5.74, 6) is 0. The van der Waals surface area contributed by atoms with Crippen LogP contribution in [0.1, 0.15) is 11.1 Å². The van der Waals surface area contributed by atoms with Crippen molar-refractivity contribution >= 4 is 63.5 Å². The summed E-state index contributed by atoms with van der Waals surface area (Å²) in [5.41, 5.74) is 3.93. The number of nitrogens with one attached hydrogen (secondary N) is 2. The SMILES string of the molecule is Cc1ccc(NC(=S)Nc2cc(Cl)c(Cl)cc2Cl)cc1C. The van der Waals surface area contributed by atoms with Crippen LogP contribution in [-0.2, 0) is 0 Å². The van der Waals surface area contributed by atoms with E-state index in [2.05, 4.69) is 17.6 Å². The van der Waals surface area contributed by atoms with Crippen molar-refractivity contribution in [2.45, 2.75) is 13.8 Å². The fourth-order valence-electron chi connectivity index (χ4n) is 1.72. The molecule has 110 valence electrons. The Balaban J connectivity index is 2.11.